The van der Waals surface area contributed by atoms with E-state index in [2.05, 4.69) is 79.7 Å². The molecular weight excluding hydrogens is 464 g/mol. The highest BCUT2D eigenvalue weighted by atomic mass is 16.1. The van der Waals surface area contributed by atoms with Crippen LogP contribution in [0.5, 0.6) is 0 Å². The third-order valence-corrected chi connectivity index (χ3v) is 8.14. The molecule has 4 aliphatic rings. The van der Waals surface area contributed by atoms with Crippen LogP contribution in [-0.4, -0.2) is 11.6 Å². The third kappa shape index (κ3) is 5.70. The first-order valence-electron chi connectivity index (χ1n) is 13.8. The molecule has 0 unspecified atom stereocenters. The fraction of sp³-hybridized carbons (Fsp3) is 0.278. The van der Waals surface area contributed by atoms with Crippen molar-refractivity contribution in [1.82, 2.24) is 0 Å². The van der Waals surface area contributed by atoms with Gasteiger partial charge in [0.05, 0.1) is 0 Å². The molecule has 38 heavy (non-hydrogen) atoms. The summed E-state index contributed by atoms with van der Waals surface area (Å²) in [4.78, 5) is 24.6. The molecule has 0 saturated heterocycles. The van der Waals surface area contributed by atoms with Crippen LogP contribution in [0.25, 0.3) is 0 Å². The minimum atomic E-state index is 0.102. The minimum Gasteiger partial charge on any atom is -0.295 e. The van der Waals surface area contributed by atoms with Crippen molar-refractivity contribution in [2.75, 3.05) is 0 Å². The van der Waals surface area contributed by atoms with Crippen LogP contribution in [0.15, 0.2) is 84.9 Å². The SMILES string of the molecule is CC(=O)c1ccc(CCc2ccc([C@@H](C)c3c4ccc(c3C(C)=O)CCc3ccc(cc3)CC4)cc2)cc1. The number of hydrogen-bond donors (Lipinski definition) is 0. The fourth-order valence-corrected chi connectivity index (χ4v) is 5.81. The molecule has 8 rings (SSSR count). The predicted octanol–water partition coefficient (Wildman–Crippen LogP) is 7.91. The van der Waals surface area contributed by atoms with E-state index in [1.54, 1.807) is 13.8 Å². The summed E-state index contributed by atoms with van der Waals surface area (Å²) in [5, 5.41) is 0. The first-order valence-corrected chi connectivity index (χ1v) is 13.8. The Kier molecular flexibility index (Phi) is 7.69. The second-order valence-electron chi connectivity index (χ2n) is 10.8. The van der Waals surface area contributed by atoms with Gasteiger partial charge in [-0.15, -0.1) is 0 Å². The number of carbonyl (C=O) groups excluding carboxylic acids is 2. The highest BCUT2D eigenvalue weighted by Gasteiger charge is 2.23. The molecule has 4 aromatic carbocycles. The quantitative estimate of drug-likeness (QED) is 0.242. The molecule has 1 atom stereocenters. The van der Waals surface area contributed by atoms with Crippen molar-refractivity contribution in [2.45, 2.75) is 65.2 Å². The zero-order chi connectivity index (χ0) is 26.6. The maximum Gasteiger partial charge on any atom is 0.160 e. The molecule has 2 nitrogen and oxygen atoms in total. The van der Waals surface area contributed by atoms with E-state index in [1.807, 2.05) is 12.1 Å². The zero-order valence-electron chi connectivity index (χ0n) is 22.7. The number of benzene rings is 4. The van der Waals surface area contributed by atoms with Crippen molar-refractivity contribution in [1.29, 1.82) is 0 Å². The molecule has 0 saturated carbocycles. The normalized spacial score (nSPS) is 13.6. The summed E-state index contributed by atoms with van der Waals surface area (Å²) in [7, 11) is 0. The molecule has 0 spiro atoms. The van der Waals surface area contributed by atoms with Gasteiger partial charge in [-0.3, -0.25) is 9.59 Å². The molecule has 0 radical (unpaired) electrons. The van der Waals surface area contributed by atoms with Crippen molar-refractivity contribution in [2.24, 2.45) is 0 Å². The molecule has 0 aliphatic heterocycles. The van der Waals surface area contributed by atoms with Gasteiger partial charge < -0.3 is 0 Å². The Morgan fingerprint density at radius 2 is 1.11 bits per heavy atom. The summed E-state index contributed by atoms with van der Waals surface area (Å²) in [6.07, 6.45) is 5.62. The van der Waals surface area contributed by atoms with E-state index in [0.29, 0.717) is 0 Å². The predicted molar refractivity (Wildman–Crippen MR) is 156 cm³/mol. The lowest BCUT2D eigenvalue weighted by Crippen LogP contribution is -2.14. The summed E-state index contributed by atoms with van der Waals surface area (Å²) in [6.45, 7) is 5.58. The Balaban J connectivity index is 1.39. The highest BCUT2D eigenvalue weighted by molar-refractivity contribution is 5.98. The Bertz CT molecular complexity index is 1440. The van der Waals surface area contributed by atoms with Crippen molar-refractivity contribution >= 4 is 11.6 Å². The second-order valence-corrected chi connectivity index (χ2v) is 10.8. The van der Waals surface area contributed by atoms with E-state index in [9.17, 15) is 9.59 Å². The highest BCUT2D eigenvalue weighted by Crippen LogP contribution is 2.34. The van der Waals surface area contributed by atoms with Crippen LogP contribution in [-0.2, 0) is 38.5 Å². The first-order chi connectivity index (χ1) is 18.4. The lowest BCUT2D eigenvalue weighted by molar-refractivity contribution is 0.100. The van der Waals surface area contributed by atoms with Gasteiger partial charge in [-0.05, 0) is 96.9 Å². The number of rotatable bonds is 7. The number of carbonyl (C=O) groups is 2. The van der Waals surface area contributed by atoms with Crippen LogP contribution < -0.4 is 0 Å². The van der Waals surface area contributed by atoms with Gasteiger partial charge >= 0.3 is 0 Å². The summed E-state index contributed by atoms with van der Waals surface area (Å²) < 4.78 is 0. The Morgan fingerprint density at radius 1 is 0.605 bits per heavy atom. The molecule has 0 N–H and O–H groups in total. The van der Waals surface area contributed by atoms with Gasteiger partial charge in [0.15, 0.2) is 11.6 Å². The van der Waals surface area contributed by atoms with Crippen molar-refractivity contribution < 1.29 is 9.59 Å². The van der Waals surface area contributed by atoms with Gasteiger partial charge in [0, 0.05) is 17.0 Å². The van der Waals surface area contributed by atoms with Crippen LogP contribution in [0.2, 0.25) is 0 Å². The van der Waals surface area contributed by atoms with Crippen LogP contribution in [0.1, 0.15) is 91.9 Å². The van der Waals surface area contributed by atoms with Gasteiger partial charge in [-0.25, -0.2) is 0 Å². The largest absolute Gasteiger partial charge is 0.295 e. The molecule has 0 heterocycles. The molecule has 4 aliphatic carbocycles. The number of ketones is 2. The van der Waals surface area contributed by atoms with Crippen molar-refractivity contribution in [3.63, 3.8) is 0 Å². The van der Waals surface area contributed by atoms with Gasteiger partial charge in [-0.2, -0.15) is 0 Å². The van der Waals surface area contributed by atoms with Crippen molar-refractivity contribution in [3.05, 3.63) is 141 Å². The summed E-state index contributed by atoms with van der Waals surface area (Å²) in [5.74, 6) is 0.410. The zero-order valence-corrected chi connectivity index (χ0v) is 22.7. The fourth-order valence-electron chi connectivity index (χ4n) is 5.81. The molecule has 2 heteroatoms. The first kappa shape index (κ1) is 25.9. The molecule has 4 aromatic rings. The Hall–Kier alpha value is -3.78. The lowest BCUT2D eigenvalue weighted by Gasteiger charge is -2.24. The molecule has 0 fully saturated rings. The van der Waals surface area contributed by atoms with E-state index in [-0.39, 0.29) is 17.5 Å². The van der Waals surface area contributed by atoms with Gasteiger partial charge in [0.25, 0.3) is 0 Å². The minimum absolute atomic E-state index is 0.102. The van der Waals surface area contributed by atoms with Crippen LogP contribution >= 0.6 is 0 Å². The third-order valence-electron chi connectivity index (χ3n) is 8.14. The van der Waals surface area contributed by atoms with Gasteiger partial charge in [0.2, 0.25) is 0 Å². The lowest BCUT2D eigenvalue weighted by atomic mass is 9.80. The van der Waals surface area contributed by atoms with E-state index >= 15 is 0 Å². The number of hydrogen-bond acceptors (Lipinski definition) is 2. The topological polar surface area (TPSA) is 34.1 Å². The summed E-state index contributed by atoms with van der Waals surface area (Å²) in [6, 6.07) is 30.3. The van der Waals surface area contributed by atoms with Crippen LogP contribution in [0.4, 0.5) is 0 Å². The average Bonchev–Trinajstić information content (AvgIpc) is 2.93. The monoisotopic (exact) mass is 500 g/mol. The molecule has 192 valence electrons. The standard InChI is InChI=1S/C36H36O2/c1-24(31-16-10-29(11-17-31)8-9-30-12-18-32(19-13-30)25(2)37)35-33-20-14-27-4-6-28(7-5-27)15-21-34(23-22-33)36(35)26(3)38/h4-7,10-13,16-19,22-24H,8-9,14-15,20-21H2,1-3H3/t24-/m1/s1. The number of Topliss-reactive ketones (excluding diaryl/α,β-unsaturated/α-hetero) is 2. The molecule has 0 amide bonds. The average molecular weight is 501 g/mol. The maximum atomic E-state index is 13.1. The van der Waals surface area contributed by atoms with E-state index < -0.39 is 0 Å². The summed E-state index contributed by atoms with van der Waals surface area (Å²) in [5.41, 5.74) is 11.8. The van der Waals surface area contributed by atoms with Crippen LogP contribution in [0, 0.1) is 0 Å². The van der Waals surface area contributed by atoms with E-state index in [1.165, 1.54) is 44.5 Å². The second kappa shape index (κ2) is 11.3. The van der Waals surface area contributed by atoms with E-state index in [0.717, 1.165) is 49.7 Å². The van der Waals surface area contributed by atoms with Gasteiger partial charge in [-0.1, -0.05) is 91.9 Å². The molecule has 4 bridgehead atoms. The molecular formula is C36H36O2. The Morgan fingerprint density at radius 3 is 1.63 bits per heavy atom. The smallest absolute Gasteiger partial charge is 0.160 e. The van der Waals surface area contributed by atoms with Crippen molar-refractivity contribution in [3.8, 4) is 0 Å². The maximum absolute atomic E-state index is 13.1. The summed E-state index contributed by atoms with van der Waals surface area (Å²) >= 11 is 0. The number of aryl methyl sites for hydroxylation is 6. The van der Waals surface area contributed by atoms with Gasteiger partial charge in [0.1, 0.15) is 0 Å². The van der Waals surface area contributed by atoms with Crippen LogP contribution in [0.3, 0.4) is 0 Å². The molecule has 0 aromatic heterocycles. The van der Waals surface area contributed by atoms with E-state index in [4.69, 9.17) is 0 Å². The Labute approximate surface area is 226 Å².